The molecule has 2 heterocycles. The minimum Gasteiger partial charge on any atom is -0.480 e. The Bertz CT molecular complexity index is 1350. The summed E-state index contributed by atoms with van der Waals surface area (Å²) in [6, 6.07) is 5.01. The van der Waals surface area contributed by atoms with Gasteiger partial charge < -0.3 is 21.5 Å². The van der Waals surface area contributed by atoms with Crippen molar-refractivity contribution in [3.8, 4) is 0 Å². The van der Waals surface area contributed by atoms with E-state index in [4.69, 9.17) is 10.5 Å². The molecular formula is C19H22N8O5S. The minimum absolute atomic E-state index is 0.0483. The quantitative estimate of drug-likeness (QED) is 0.247. The lowest BCUT2D eigenvalue weighted by atomic mass is 10.1. The lowest BCUT2D eigenvalue weighted by molar-refractivity contribution is -0.139. The maximum atomic E-state index is 12.4. The van der Waals surface area contributed by atoms with Crippen LogP contribution in [0.5, 0.6) is 0 Å². The molecule has 0 aliphatic carbocycles. The summed E-state index contributed by atoms with van der Waals surface area (Å²) in [5.74, 6) is -2.06. The van der Waals surface area contributed by atoms with Crippen LogP contribution in [0.3, 0.4) is 0 Å². The molecule has 2 aromatic heterocycles. The second-order valence-electron chi connectivity index (χ2n) is 7.28. The zero-order valence-corrected chi connectivity index (χ0v) is 18.3. The first kappa shape index (κ1) is 23.6. The zero-order chi connectivity index (χ0) is 24.2. The number of rotatable bonds is 9. The number of carboxylic acid groups (broad SMARTS) is 1. The van der Waals surface area contributed by atoms with Crippen molar-refractivity contribution in [2.45, 2.75) is 19.0 Å². The van der Waals surface area contributed by atoms with Gasteiger partial charge in [-0.05, 0) is 30.7 Å². The van der Waals surface area contributed by atoms with Crippen molar-refractivity contribution in [2.24, 2.45) is 0 Å². The van der Waals surface area contributed by atoms with E-state index in [2.05, 4.69) is 30.6 Å². The second kappa shape index (κ2) is 9.60. The van der Waals surface area contributed by atoms with Gasteiger partial charge in [0.25, 0.3) is 11.5 Å². The van der Waals surface area contributed by atoms with E-state index in [0.717, 1.165) is 0 Å². The van der Waals surface area contributed by atoms with Gasteiger partial charge in [-0.15, -0.1) is 0 Å². The summed E-state index contributed by atoms with van der Waals surface area (Å²) in [6.45, 7) is 0.239. The number of nitrogens with one attached hydrogen (secondary N) is 4. The van der Waals surface area contributed by atoms with E-state index in [1.165, 1.54) is 24.6 Å². The maximum absolute atomic E-state index is 12.4. The topological polar surface area (TPSA) is 217 Å². The number of carboxylic acids is 1. The number of carbonyl (C=O) groups excluding carboxylic acids is 1. The molecule has 7 N–H and O–H groups in total. The van der Waals surface area contributed by atoms with E-state index in [1.54, 1.807) is 12.1 Å². The van der Waals surface area contributed by atoms with Crippen molar-refractivity contribution >= 4 is 44.4 Å². The second-order valence-corrected chi connectivity index (χ2v) is 9.70. The smallest absolute Gasteiger partial charge is 0.326 e. The lowest BCUT2D eigenvalue weighted by Gasteiger charge is -2.15. The summed E-state index contributed by atoms with van der Waals surface area (Å²) in [5.41, 5.74) is 6.54. The number of carbonyl (C=O) groups is 2. The SMILES string of the molecule is CS(=N)(=O)CCC(NC(=O)c1ccc(NCc2cnc3nc(N)[nH]c(=O)c3n2)cc1)C(=O)O. The molecule has 0 aliphatic rings. The lowest BCUT2D eigenvalue weighted by Crippen LogP contribution is -2.41. The van der Waals surface area contributed by atoms with Crippen molar-refractivity contribution in [1.82, 2.24) is 25.3 Å². The normalized spacial score (nSPS) is 13.7. The van der Waals surface area contributed by atoms with E-state index in [-0.39, 0.29) is 41.4 Å². The first-order chi connectivity index (χ1) is 15.5. The third-order valence-corrected chi connectivity index (χ3v) is 5.52. The van der Waals surface area contributed by atoms with E-state index in [0.29, 0.717) is 11.4 Å². The highest BCUT2D eigenvalue weighted by molar-refractivity contribution is 7.91. The molecule has 174 valence electrons. The number of amides is 1. The summed E-state index contributed by atoms with van der Waals surface area (Å²) < 4.78 is 18.9. The molecule has 1 aromatic carbocycles. The van der Waals surface area contributed by atoms with Gasteiger partial charge in [0.2, 0.25) is 5.95 Å². The van der Waals surface area contributed by atoms with Crippen molar-refractivity contribution in [3.05, 3.63) is 52.1 Å². The number of fused-ring (bicyclic) bond motifs is 1. The molecule has 0 fully saturated rings. The van der Waals surface area contributed by atoms with Crippen molar-refractivity contribution < 1.29 is 18.9 Å². The number of hydrogen-bond acceptors (Lipinski definition) is 10. The molecule has 0 aliphatic heterocycles. The molecule has 0 spiro atoms. The summed E-state index contributed by atoms with van der Waals surface area (Å²) >= 11 is 0. The Kier molecular flexibility index (Phi) is 6.86. The summed E-state index contributed by atoms with van der Waals surface area (Å²) in [5, 5.41) is 14.7. The number of aliphatic carboxylic acids is 1. The molecule has 3 aromatic rings. The standard InChI is InChI=1S/C19H22N8O5S/c1-33(21,32)7-6-13(18(30)31)25-16(28)10-2-4-11(5-3-10)22-8-12-9-23-15-14(24-12)17(29)27-19(20)26-15/h2-5,9,13,21-22H,6-8H2,1H3,(H,25,28)(H,30,31)(H3,20,23,26,27,29). The van der Waals surface area contributed by atoms with Crippen LogP contribution >= 0.6 is 0 Å². The van der Waals surface area contributed by atoms with Crippen LogP contribution in [0.15, 0.2) is 35.3 Å². The Labute approximate surface area is 187 Å². The Hall–Kier alpha value is -4.07. The van der Waals surface area contributed by atoms with Crippen molar-refractivity contribution in [3.63, 3.8) is 0 Å². The van der Waals surface area contributed by atoms with Gasteiger partial charge in [-0.25, -0.2) is 14.8 Å². The van der Waals surface area contributed by atoms with E-state index >= 15 is 0 Å². The molecule has 3 rings (SSSR count). The highest BCUT2D eigenvalue weighted by atomic mass is 32.2. The van der Waals surface area contributed by atoms with E-state index in [1.807, 2.05) is 0 Å². The number of benzene rings is 1. The van der Waals surface area contributed by atoms with Crippen molar-refractivity contribution in [2.75, 3.05) is 23.1 Å². The Morgan fingerprint density at radius 3 is 2.61 bits per heavy atom. The summed E-state index contributed by atoms with van der Waals surface area (Å²) in [6.07, 6.45) is 2.56. The van der Waals surface area contributed by atoms with Gasteiger partial charge in [-0.3, -0.25) is 23.6 Å². The average Bonchev–Trinajstić information content (AvgIpc) is 2.74. The molecule has 14 heteroatoms. The van der Waals surface area contributed by atoms with Gasteiger partial charge in [0, 0.05) is 33.0 Å². The monoisotopic (exact) mass is 474 g/mol. The predicted octanol–water partition coefficient (Wildman–Crippen LogP) is 0.157. The number of aromatic amines is 1. The number of anilines is 2. The maximum Gasteiger partial charge on any atom is 0.326 e. The number of H-pyrrole nitrogens is 1. The van der Waals surface area contributed by atoms with Crippen LogP contribution in [0.4, 0.5) is 11.6 Å². The molecule has 33 heavy (non-hydrogen) atoms. The third kappa shape index (κ3) is 6.46. The van der Waals surface area contributed by atoms with Crippen LogP contribution in [0.1, 0.15) is 22.5 Å². The van der Waals surface area contributed by atoms with Crippen LogP contribution in [0, 0.1) is 4.78 Å². The molecule has 0 bridgehead atoms. The van der Waals surface area contributed by atoms with Gasteiger partial charge in [-0.2, -0.15) is 4.98 Å². The first-order valence-electron chi connectivity index (χ1n) is 9.62. The number of aromatic nitrogens is 4. The average molecular weight is 475 g/mol. The largest absolute Gasteiger partial charge is 0.480 e. The van der Waals surface area contributed by atoms with Crippen molar-refractivity contribution in [1.29, 1.82) is 4.78 Å². The first-order valence-corrected chi connectivity index (χ1v) is 11.8. The predicted molar refractivity (Wildman–Crippen MR) is 121 cm³/mol. The molecule has 0 saturated carbocycles. The van der Waals surface area contributed by atoms with Crippen LogP contribution in [-0.2, 0) is 21.1 Å². The van der Waals surface area contributed by atoms with Crippen LogP contribution in [0.25, 0.3) is 11.2 Å². The zero-order valence-electron chi connectivity index (χ0n) is 17.5. The fourth-order valence-electron chi connectivity index (χ4n) is 2.83. The van der Waals surface area contributed by atoms with Gasteiger partial charge in [0.1, 0.15) is 6.04 Å². The summed E-state index contributed by atoms with van der Waals surface area (Å²) in [4.78, 5) is 50.2. The minimum atomic E-state index is -2.87. The number of nitrogens with zero attached hydrogens (tertiary/aromatic N) is 3. The fourth-order valence-corrected chi connectivity index (χ4v) is 3.52. The van der Waals surface area contributed by atoms with Crippen LogP contribution in [0.2, 0.25) is 0 Å². The molecule has 2 atom stereocenters. The number of nitrogens with two attached hydrogens (primary N) is 1. The van der Waals surface area contributed by atoms with Crippen LogP contribution < -0.4 is 21.9 Å². The Morgan fingerprint density at radius 1 is 1.27 bits per heavy atom. The van der Waals surface area contributed by atoms with Gasteiger partial charge in [0.05, 0.1) is 18.4 Å². The Balaban J connectivity index is 1.62. The van der Waals surface area contributed by atoms with E-state index in [9.17, 15) is 23.7 Å². The van der Waals surface area contributed by atoms with Gasteiger partial charge in [0.15, 0.2) is 11.2 Å². The number of nitrogen functional groups attached to an aromatic ring is 1. The molecule has 0 radical (unpaired) electrons. The molecule has 1 amide bonds. The highest BCUT2D eigenvalue weighted by Crippen LogP contribution is 2.12. The fraction of sp³-hybridized carbons (Fsp3) is 0.263. The molecule has 0 saturated heterocycles. The summed E-state index contributed by atoms with van der Waals surface area (Å²) in [7, 11) is -2.87. The molecule has 2 unspecified atom stereocenters. The van der Waals surface area contributed by atoms with Gasteiger partial charge in [-0.1, -0.05) is 0 Å². The van der Waals surface area contributed by atoms with Gasteiger partial charge >= 0.3 is 5.97 Å². The van der Waals surface area contributed by atoms with E-state index < -0.39 is 33.2 Å². The van der Waals surface area contributed by atoms with Crippen LogP contribution in [-0.4, -0.2) is 59.2 Å². The third-order valence-electron chi connectivity index (χ3n) is 4.51. The molecular weight excluding hydrogens is 452 g/mol. The molecule has 13 nitrogen and oxygen atoms in total. The Morgan fingerprint density at radius 2 is 1.97 bits per heavy atom. The highest BCUT2D eigenvalue weighted by Gasteiger charge is 2.21. The number of hydrogen-bond donors (Lipinski definition) is 6.